The normalized spacial score (nSPS) is 22.2. The lowest BCUT2D eigenvalue weighted by Gasteiger charge is -2.39. The zero-order chi connectivity index (χ0) is 28.7. The van der Waals surface area contributed by atoms with Crippen LogP contribution in [0.5, 0.6) is 5.75 Å². The Kier molecular flexibility index (Phi) is 8.18. The summed E-state index contributed by atoms with van der Waals surface area (Å²) in [5, 5.41) is 9.40. The van der Waals surface area contributed by atoms with E-state index >= 15 is 0 Å². The average Bonchev–Trinajstić information content (AvgIpc) is 3.67. The number of carbonyl (C=O) groups is 1. The van der Waals surface area contributed by atoms with Crippen LogP contribution in [0.3, 0.4) is 0 Å². The molecule has 6 rings (SSSR count). The lowest BCUT2D eigenvalue weighted by molar-refractivity contribution is -0.0127. The number of nitrogens with zero attached hydrogens (tertiary/aromatic N) is 3. The van der Waals surface area contributed by atoms with Gasteiger partial charge < -0.3 is 29.5 Å². The molecule has 41 heavy (non-hydrogen) atoms. The van der Waals surface area contributed by atoms with Crippen LogP contribution in [0.25, 0.3) is 11.3 Å². The third-order valence-electron chi connectivity index (χ3n) is 7.99. The number of fused-ring (bicyclic) bond motifs is 2. The number of nitrogens with two attached hydrogens (primary N) is 1. The summed E-state index contributed by atoms with van der Waals surface area (Å²) in [6.07, 6.45) is 5.62. The maximum absolute atomic E-state index is 12.6. The molecule has 3 aliphatic rings. The first-order valence-electron chi connectivity index (χ1n) is 13.5. The number of hydrogen-bond donors (Lipinski definition) is 1. The molecule has 2 saturated heterocycles. The molecule has 0 amide bonds. The third kappa shape index (κ3) is 5.80. The number of oxime groups is 1. The van der Waals surface area contributed by atoms with E-state index in [4.69, 9.17) is 47.8 Å². The van der Waals surface area contributed by atoms with Crippen LogP contribution in [-0.2, 0) is 16.2 Å². The minimum atomic E-state index is -0.612. The van der Waals surface area contributed by atoms with E-state index in [0.717, 1.165) is 54.3 Å². The van der Waals surface area contributed by atoms with E-state index in [-0.39, 0.29) is 24.1 Å². The molecular formula is C29H29BrCl2N4O5. The highest BCUT2D eigenvalue weighted by atomic mass is 79.9. The van der Waals surface area contributed by atoms with Gasteiger partial charge in [0.2, 0.25) is 5.96 Å². The predicted octanol–water partition coefficient (Wildman–Crippen LogP) is 6.90. The average molecular weight is 664 g/mol. The minimum absolute atomic E-state index is 0.0193. The van der Waals surface area contributed by atoms with E-state index in [0.29, 0.717) is 45.1 Å². The van der Waals surface area contributed by atoms with Gasteiger partial charge in [0.1, 0.15) is 17.2 Å². The van der Waals surface area contributed by atoms with Crippen molar-refractivity contribution in [2.45, 2.75) is 69.2 Å². The molecule has 1 aromatic heterocycles. The summed E-state index contributed by atoms with van der Waals surface area (Å²) in [4.78, 5) is 19.8. The van der Waals surface area contributed by atoms with E-state index < -0.39 is 5.97 Å². The number of ether oxygens (including phenoxy) is 2. The van der Waals surface area contributed by atoms with Crippen molar-refractivity contribution < 1.29 is 23.6 Å². The predicted molar refractivity (Wildman–Crippen MR) is 158 cm³/mol. The van der Waals surface area contributed by atoms with Gasteiger partial charge in [0.25, 0.3) is 0 Å². The number of halogens is 3. The summed E-state index contributed by atoms with van der Waals surface area (Å²) >= 11 is 16.4. The molecule has 2 aromatic carbocycles. The van der Waals surface area contributed by atoms with Crippen LogP contribution in [0.1, 0.15) is 66.1 Å². The van der Waals surface area contributed by atoms with Crippen molar-refractivity contribution in [3.8, 4) is 17.0 Å². The molecule has 1 unspecified atom stereocenters. The van der Waals surface area contributed by atoms with Crippen molar-refractivity contribution in [1.29, 1.82) is 0 Å². The first kappa shape index (κ1) is 28.3. The fourth-order valence-electron chi connectivity index (χ4n) is 5.86. The summed E-state index contributed by atoms with van der Waals surface area (Å²) in [5.74, 6) is 1.32. The Hall–Kier alpha value is -2.79. The third-order valence-corrected chi connectivity index (χ3v) is 9.28. The van der Waals surface area contributed by atoms with Gasteiger partial charge in [0.05, 0.1) is 39.9 Å². The second-order valence-electron chi connectivity index (χ2n) is 10.6. The largest absolute Gasteiger partial charge is 0.496 e. The molecular weight excluding hydrogens is 635 g/mol. The quantitative estimate of drug-likeness (QED) is 0.120. The molecule has 1 saturated carbocycles. The Morgan fingerprint density at radius 3 is 2.51 bits per heavy atom. The summed E-state index contributed by atoms with van der Waals surface area (Å²) in [6.45, 7) is 0.355. The van der Waals surface area contributed by atoms with Gasteiger partial charge in [-0.1, -0.05) is 34.4 Å². The zero-order valence-corrected chi connectivity index (χ0v) is 25.4. The van der Waals surface area contributed by atoms with Crippen molar-refractivity contribution in [2.24, 2.45) is 10.9 Å². The number of benzene rings is 2. The number of aromatic nitrogens is 1. The van der Waals surface area contributed by atoms with Crippen LogP contribution >= 0.6 is 39.1 Å². The van der Waals surface area contributed by atoms with Gasteiger partial charge in [-0.15, -0.1) is 0 Å². The molecule has 3 fully saturated rings. The highest BCUT2D eigenvalue weighted by molar-refractivity contribution is 9.10. The molecule has 216 valence electrons. The van der Waals surface area contributed by atoms with Crippen molar-refractivity contribution in [3.63, 3.8) is 0 Å². The van der Waals surface area contributed by atoms with E-state index in [1.807, 2.05) is 6.07 Å². The smallest absolute Gasteiger partial charge is 0.366 e. The van der Waals surface area contributed by atoms with Crippen LogP contribution in [0.4, 0.5) is 0 Å². The van der Waals surface area contributed by atoms with Crippen LogP contribution in [0.15, 0.2) is 50.5 Å². The van der Waals surface area contributed by atoms with Crippen LogP contribution in [-0.4, -0.2) is 47.3 Å². The number of methoxy groups -OCH3 is 1. The molecule has 12 heteroatoms. The Balaban J connectivity index is 1.12. The highest BCUT2D eigenvalue weighted by Gasteiger charge is 2.43. The zero-order valence-electron chi connectivity index (χ0n) is 22.3. The van der Waals surface area contributed by atoms with Crippen molar-refractivity contribution in [1.82, 2.24) is 10.1 Å². The lowest BCUT2D eigenvalue weighted by Crippen LogP contribution is -2.51. The Bertz CT molecular complexity index is 1460. The lowest BCUT2D eigenvalue weighted by atomic mass is 9.99. The fourth-order valence-corrected chi connectivity index (χ4v) is 6.85. The van der Waals surface area contributed by atoms with Gasteiger partial charge in [-0.3, -0.25) is 0 Å². The van der Waals surface area contributed by atoms with Gasteiger partial charge in [0, 0.05) is 29.1 Å². The summed E-state index contributed by atoms with van der Waals surface area (Å²) < 4.78 is 18.3. The fraction of sp³-hybridized carbons (Fsp3) is 0.414. The van der Waals surface area contributed by atoms with Gasteiger partial charge in [-0.25, -0.2) is 4.79 Å². The second-order valence-corrected chi connectivity index (χ2v) is 12.3. The first-order chi connectivity index (χ1) is 19.8. The van der Waals surface area contributed by atoms with Gasteiger partial charge in [-0.05, 0) is 89.9 Å². The molecule has 9 nitrogen and oxygen atoms in total. The van der Waals surface area contributed by atoms with Crippen LogP contribution < -0.4 is 10.5 Å². The molecule has 1 aliphatic carbocycles. The molecule has 2 aliphatic heterocycles. The monoisotopic (exact) mass is 662 g/mol. The molecule has 3 aromatic rings. The molecule has 0 spiro atoms. The number of hydrogen-bond acceptors (Lipinski definition) is 7. The molecule has 3 atom stereocenters. The van der Waals surface area contributed by atoms with E-state index in [9.17, 15) is 4.79 Å². The summed E-state index contributed by atoms with van der Waals surface area (Å²) in [7, 11) is 1.53. The Morgan fingerprint density at radius 2 is 1.85 bits per heavy atom. The van der Waals surface area contributed by atoms with E-state index in [1.165, 1.54) is 7.11 Å². The van der Waals surface area contributed by atoms with E-state index in [1.54, 1.807) is 30.3 Å². The van der Waals surface area contributed by atoms with E-state index in [2.05, 4.69) is 31.1 Å². The molecule has 3 heterocycles. The van der Waals surface area contributed by atoms with Gasteiger partial charge in [0.15, 0.2) is 0 Å². The highest BCUT2D eigenvalue weighted by Crippen LogP contribution is 2.46. The van der Waals surface area contributed by atoms with Crippen LogP contribution in [0, 0.1) is 0 Å². The number of piperidine rings is 1. The van der Waals surface area contributed by atoms with Crippen molar-refractivity contribution >= 4 is 51.1 Å². The Labute approximate surface area is 256 Å². The maximum Gasteiger partial charge on any atom is 0.366 e. The standard InChI is InChI=1S/C29H29BrCl2N4O5/c1-38-24-11-16(7-10-21(24)30)28(37)41-35-29(33)36-17-8-9-18(36)13-19(12-17)39-14-20-26(34-40-27(20)15-5-6-15)25-22(31)3-2-4-23(25)32/h2-4,7,10-11,15,17-19H,5-6,8-9,12-14H2,1H3,(H2,33,35)/t17-,18+,19?. The summed E-state index contributed by atoms with van der Waals surface area (Å²) in [6, 6.07) is 10.6. The van der Waals surface area contributed by atoms with Crippen molar-refractivity contribution in [3.05, 3.63) is 67.8 Å². The van der Waals surface area contributed by atoms with Gasteiger partial charge in [-0.2, -0.15) is 0 Å². The Morgan fingerprint density at radius 1 is 1.15 bits per heavy atom. The molecule has 2 bridgehead atoms. The minimum Gasteiger partial charge on any atom is -0.496 e. The molecule has 0 radical (unpaired) electrons. The number of guanidine groups is 1. The van der Waals surface area contributed by atoms with Gasteiger partial charge >= 0.3 is 5.97 Å². The number of rotatable bonds is 8. The molecule has 2 N–H and O–H groups in total. The second kappa shape index (κ2) is 11.8. The first-order valence-corrected chi connectivity index (χ1v) is 15.1. The summed E-state index contributed by atoms with van der Waals surface area (Å²) in [5.41, 5.74) is 8.86. The maximum atomic E-state index is 12.6. The number of carbonyl (C=O) groups excluding carboxylic acids is 1. The van der Waals surface area contributed by atoms with Crippen molar-refractivity contribution in [2.75, 3.05) is 7.11 Å². The SMILES string of the molecule is COc1cc(C(=O)O/N=C(\N)N2[C@@H]3CC[C@H]2CC(OCc2c(-c4c(Cl)cccc4Cl)noc2C2CC2)C3)ccc1Br. The van der Waals surface area contributed by atoms with Crippen LogP contribution in [0.2, 0.25) is 10.0 Å². The topological polar surface area (TPSA) is 112 Å².